The summed E-state index contributed by atoms with van der Waals surface area (Å²) in [6.45, 7) is 3.49. The van der Waals surface area contributed by atoms with E-state index in [-0.39, 0.29) is 11.6 Å². The quantitative estimate of drug-likeness (QED) is 0.819. The van der Waals surface area contributed by atoms with E-state index in [1.807, 2.05) is 0 Å². The summed E-state index contributed by atoms with van der Waals surface area (Å²) in [6.07, 6.45) is 4.90. The first-order chi connectivity index (χ1) is 10.1. The highest BCUT2D eigenvalue weighted by molar-refractivity contribution is 5.95. The number of hydrogen-bond acceptors (Lipinski definition) is 2. The van der Waals surface area contributed by atoms with Gasteiger partial charge in [0.2, 0.25) is 0 Å². The number of benzene rings is 1. The molecule has 0 fully saturated rings. The molecule has 1 aromatic carbocycles. The van der Waals surface area contributed by atoms with Crippen molar-refractivity contribution in [1.29, 1.82) is 0 Å². The number of nitrogens with zero attached hydrogens (tertiary/aromatic N) is 1. The number of amides is 2. The van der Waals surface area contributed by atoms with E-state index in [0.29, 0.717) is 13.1 Å². The monoisotopic (exact) mass is 290 g/mol. The molecule has 0 saturated heterocycles. The zero-order chi connectivity index (χ0) is 15.2. The predicted molar refractivity (Wildman–Crippen MR) is 82.0 cm³/mol. The van der Waals surface area contributed by atoms with Crippen LogP contribution in [0.5, 0.6) is 0 Å². The van der Waals surface area contributed by atoms with Crippen LogP contribution in [0.1, 0.15) is 48.5 Å². The van der Waals surface area contributed by atoms with Gasteiger partial charge in [0.15, 0.2) is 0 Å². The lowest BCUT2D eigenvalue weighted by atomic mass is 9.99. The number of carbonyl (C=O) groups excluding carboxylic acids is 1. The molecular formula is C16H22N2O3. The first kappa shape index (κ1) is 15.4. The van der Waals surface area contributed by atoms with Gasteiger partial charge < -0.3 is 10.4 Å². The number of carboxylic acid groups (broad SMARTS) is 1. The normalized spacial score (nSPS) is 13.7. The first-order valence-corrected chi connectivity index (χ1v) is 7.55. The third kappa shape index (κ3) is 3.74. The number of rotatable bonds is 5. The van der Waals surface area contributed by atoms with Crippen molar-refractivity contribution >= 4 is 17.7 Å². The fourth-order valence-corrected chi connectivity index (χ4v) is 2.61. The summed E-state index contributed by atoms with van der Waals surface area (Å²) in [5, 5.41) is 12.0. The third-order valence-electron chi connectivity index (χ3n) is 3.75. The van der Waals surface area contributed by atoms with Crippen LogP contribution in [-0.2, 0) is 6.42 Å². The molecule has 1 aromatic rings. The van der Waals surface area contributed by atoms with E-state index in [2.05, 4.69) is 12.2 Å². The van der Waals surface area contributed by atoms with Gasteiger partial charge in [-0.1, -0.05) is 19.8 Å². The Morgan fingerprint density at radius 3 is 2.86 bits per heavy atom. The van der Waals surface area contributed by atoms with Gasteiger partial charge >= 0.3 is 12.0 Å². The van der Waals surface area contributed by atoms with Crippen LogP contribution in [0.4, 0.5) is 10.5 Å². The van der Waals surface area contributed by atoms with E-state index in [1.54, 1.807) is 23.1 Å². The number of urea groups is 1. The standard InChI is InChI=1S/C16H22N2O3/c1-2-3-4-9-17-16(21)18-10-5-6-12-11-13(15(19)20)7-8-14(12)18/h7-8,11H,2-6,9-10H2,1H3,(H,17,21)(H,19,20). The summed E-state index contributed by atoms with van der Waals surface area (Å²) < 4.78 is 0. The lowest BCUT2D eigenvalue weighted by molar-refractivity contribution is 0.0696. The summed E-state index contributed by atoms with van der Waals surface area (Å²) in [6, 6.07) is 4.89. The summed E-state index contributed by atoms with van der Waals surface area (Å²) in [5.41, 5.74) is 2.04. The van der Waals surface area contributed by atoms with Gasteiger partial charge in [0, 0.05) is 18.8 Å². The highest BCUT2D eigenvalue weighted by Crippen LogP contribution is 2.28. The summed E-state index contributed by atoms with van der Waals surface area (Å²) >= 11 is 0. The van der Waals surface area contributed by atoms with Gasteiger partial charge in [-0.3, -0.25) is 4.90 Å². The Morgan fingerprint density at radius 2 is 2.14 bits per heavy atom. The molecule has 0 saturated carbocycles. The molecule has 0 atom stereocenters. The first-order valence-electron chi connectivity index (χ1n) is 7.55. The van der Waals surface area contributed by atoms with Gasteiger partial charge in [0.1, 0.15) is 0 Å². The number of hydrogen-bond donors (Lipinski definition) is 2. The van der Waals surface area contributed by atoms with Crippen LogP contribution in [0.15, 0.2) is 18.2 Å². The number of carbonyl (C=O) groups is 2. The van der Waals surface area contributed by atoms with E-state index in [0.717, 1.165) is 43.4 Å². The Balaban J connectivity index is 2.07. The molecule has 0 aliphatic carbocycles. The van der Waals surface area contributed by atoms with Gasteiger partial charge in [-0.2, -0.15) is 0 Å². The van der Waals surface area contributed by atoms with Crippen LogP contribution < -0.4 is 10.2 Å². The highest BCUT2D eigenvalue weighted by Gasteiger charge is 2.23. The molecule has 0 unspecified atom stereocenters. The average molecular weight is 290 g/mol. The number of carboxylic acids is 1. The molecule has 5 nitrogen and oxygen atoms in total. The molecule has 1 heterocycles. The zero-order valence-electron chi connectivity index (χ0n) is 12.4. The Bertz CT molecular complexity index is 528. The molecular weight excluding hydrogens is 268 g/mol. The van der Waals surface area contributed by atoms with E-state index in [4.69, 9.17) is 5.11 Å². The molecule has 2 amide bonds. The Kier molecular flexibility index (Phi) is 5.20. The second-order valence-corrected chi connectivity index (χ2v) is 5.34. The maximum Gasteiger partial charge on any atom is 0.335 e. The fraction of sp³-hybridized carbons (Fsp3) is 0.500. The molecule has 0 radical (unpaired) electrons. The molecule has 2 rings (SSSR count). The molecule has 0 bridgehead atoms. The van der Waals surface area contributed by atoms with Crippen molar-refractivity contribution in [3.05, 3.63) is 29.3 Å². The minimum atomic E-state index is -0.932. The SMILES string of the molecule is CCCCCNC(=O)N1CCCc2cc(C(=O)O)ccc21. The van der Waals surface area contributed by atoms with Crippen molar-refractivity contribution in [1.82, 2.24) is 5.32 Å². The molecule has 0 spiro atoms. The zero-order valence-corrected chi connectivity index (χ0v) is 12.4. The second-order valence-electron chi connectivity index (χ2n) is 5.34. The second kappa shape index (κ2) is 7.11. The average Bonchev–Trinajstić information content (AvgIpc) is 2.50. The van der Waals surface area contributed by atoms with Crippen LogP contribution in [0.3, 0.4) is 0 Å². The van der Waals surface area contributed by atoms with Crippen molar-refractivity contribution in [2.24, 2.45) is 0 Å². The van der Waals surface area contributed by atoms with E-state index < -0.39 is 5.97 Å². The topological polar surface area (TPSA) is 69.6 Å². The van der Waals surface area contributed by atoms with Crippen molar-refractivity contribution in [3.63, 3.8) is 0 Å². The predicted octanol–water partition coefficient (Wildman–Crippen LogP) is 3.04. The number of fused-ring (bicyclic) bond motifs is 1. The Morgan fingerprint density at radius 1 is 1.33 bits per heavy atom. The summed E-state index contributed by atoms with van der Waals surface area (Å²) in [4.78, 5) is 25.0. The molecule has 114 valence electrons. The minimum absolute atomic E-state index is 0.0878. The largest absolute Gasteiger partial charge is 0.478 e. The van der Waals surface area contributed by atoms with E-state index in [9.17, 15) is 9.59 Å². The molecule has 5 heteroatoms. The molecule has 1 aliphatic rings. The van der Waals surface area contributed by atoms with Crippen LogP contribution >= 0.6 is 0 Å². The maximum absolute atomic E-state index is 12.2. The molecule has 21 heavy (non-hydrogen) atoms. The summed E-state index contributed by atoms with van der Waals surface area (Å²) in [5.74, 6) is -0.932. The number of aromatic carboxylic acids is 1. The van der Waals surface area contributed by atoms with E-state index >= 15 is 0 Å². The molecule has 0 aromatic heterocycles. The van der Waals surface area contributed by atoms with Crippen molar-refractivity contribution in [2.75, 3.05) is 18.0 Å². The van der Waals surface area contributed by atoms with Gasteiger partial charge in [-0.15, -0.1) is 0 Å². The van der Waals surface area contributed by atoms with E-state index in [1.165, 1.54) is 0 Å². The molecule has 2 N–H and O–H groups in total. The van der Waals surface area contributed by atoms with Gasteiger partial charge in [0.25, 0.3) is 0 Å². The Hall–Kier alpha value is -2.04. The summed E-state index contributed by atoms with van der Waals surface area (Å²) in [7, 11) is 0. The van der Waals surface area contributed by atoms with Crippen molar-refractivity contribution in [3.8, 4) is 0 Å². The highest BCUT2D eigenvalue weighted by atomic mass is 16.4. The minimum Gasteiger partial charge on any atom is -0.478 e. The number of nitrogens with one attached hydrogen (secondary N) is 1. The van der Waals surface area contributed by atoms with Gasteiger partial charge in [-0.25, -0.2) is 9.59 Å². The van der Waals surface area contributed by atoms with Crippen LogP contribution in [0, 0.1) is 0 Å². The fourth-order valence-electron chi connectivity index (χ4n) is 2.61. The van der Waals surface area contributed by atoms with Crippen molar-refractivity contribution < 1.29 is 14.7 Å². The maximum atomic E-state index is 12.2. The number of anilines is 1. The lowest BCUT2D eigenvalue weighted by Crippen LogP contribution is -2.43. The Labute approximate surface area is 125 Å². The lowest BCUT2D eigenvalue weighted by Gasteiger charge is -2.29. The van der Waals surface area contributed by atoms with Crippen LogP contribution in [0.2, 0.25) is 0 Å². The molecule has 1 aliphatic heterocycles. The van der Waals surface area contributed by atoms with Gasteiger partial charge in [-0.05, 0) is 43.0 Å². The number of unbranched alkanes of at least 4 members (excludes halogenated alkanes) is 2. The number of aryl methyl sites for hydroxylation is 1. The van der Waals surface area contributed by atoms with Crippen molar-refractivity contribution in [2.45, 2.75) is 39.0 Å². The smallest absolute Gasteiger partial charge is 0.335 e. The van der Waals surface area contributed by atoms with Crippen LogP contribution in [-0.4, -0.2) is 30.2 Å². The van der Waals surface area contributed by atoms with Gasteiger partial charge in [0.05, 0.1) is 5.56 Å². The van der Waals surface area contributed by atoms with Crippen LogP contribution in [0.25, 0.3) is 0 Å². The third-order valence-corrected chi connectivity index (χ3v) is 3.75.